The highest BCUT2D eigenvalue weighted by molar-refractivity contribution is 7.92. The normalized spacial score (nSPS) is 11.1. The molecule has 150 valence electrons. The Morgan fingerprint density at radius 1 is 0.897 bits per heavy atom. The first-order chi connectivity index (χ1) is 13.8. The van der Waals surface area contributed by atoms with E-state index in [1.54, 1.807) is 60.7 Å². The Bertz CT molecular complexity index is 1110. The molecule has 1 amide bonds. The molecular weight excluding hydrogens is 408 g/mol. The first kappa shape index (κ1) is 20.9. The molecule has 0 aliphatic carbocycles. The highest BCUT2D eigenvalue weighted by Crippen LogP contribution is 2.25. The van der Waals surface area contributed by atoms with Crippen LogP contribution in [0.2, 0.25) is 5.02 Å². The summed E-state index contributed by atoms with van der Waals surface area (Å²) in [6.45, 7) is 3.41. The Morgan fingerprint density at radius 3 is 2.03 bits per heavy atom. The van der Waals surface area contributed by atoms with Gasteiger partial charge in [0, 0.05) is 0 Å². The molecule has 3 rings (SSSR count). The molecule has 0 aromatic heterocycles. The van der Waals surface area contributed by atoms with Crippen LogP contribution in [0.1, 0.15) is 11.1 Å². The van der Waals surface area contributed by atoms with Crippen LogP contribution in [0.5, 0.6) is 0 Å². The third-order valence-corrected chi connectivity index (χ3v) is 6.48. The average Bonchev–Trinajstić information content (AvgIpc) is 2.69. The third-order valence-electron chi connectivity index (χ3n) is 4.37. The van der Waals surface area contributed by atoms with E-state index in [-0.39, 0.29) is 11.4 Å². The molecular formula is C22H21ClN2O3S. The lowest BCUT2D eigenvalue weighted by Crippen LogP contribution is -2.38. The van der Waals surface area contributed by atoms with Gasteiger partial charge in [0.1, 0.15) is 6.54 Å². The van der Waals surface area contributed by atoms with Crippen molar-refractivity contribution in [1.29, 1.82) is 0 Å². The molecule has 0 bridgehead atoms. The maximum absolute atomic E-state index is 13.3. The molecule has 0 aliphatic heterocycles. The number of hydrogen-bond acceptors (Lipinski definition) is 3. The van der Waals surface area contributed by atoms with Gasteiger partial charge in [0.25, 0.3) is 10.0 Å². The van der Waals surface area contributed by atoms with Crippen LogP contribution in [0.25, 0.3) is 0 Å². The topological polar surface area (TPSA) is 66.5 Å². The highest BCUT2D eigenvalue weighted by Gasteiger charge is 2.27. The molecule has 0 spiro atoms. The Morgan fingerprint density at radius 2 is 1.45 bits per heavy atom. The standard InChI is InChI=1S/C22H21ClN2O3S/c1-16-7-11-18(12-8-16)25(29(27,28)19-13-9-17(2)10-14-19)15-22(26)24-21-6-4-3-5-20(21)23/h3-14H,15H2,1-2H3,(H,24,26). The summed E-state index contributed by atoms with van der Waals surface area (Å²) in [5.41, 5.74) is 2.77. The van der Waals surface area contributed by atoms with E-state index in [9.17, 15) is 13.2 Å². The first-order valence-electron chi connectivity index (χ1n) is 8.98. The lowest BCUT2D eigenvalue weighted by molar-refractivity contribution is -0.114. The van der Waals surface area contributed by atoms with Crippen LogP contribution in [-0.2, 0) is 14.8 Å². The van der Waals surface area contributed by atoms with Crippen molar-refractivity contribution < 1.29 is 13.2 Å². The van der Waals surface area contributed by atoms with Crippen molar-refractivity contribution in [2.75, 3.05) is 16.2 Å². The Hall–Kier alpha value is -2.83. The number of carbonyl (C=O) groups is 1. The summed E-state index contributed by atoms with van der Waals surface area (Å²) < 4.78 is 27.7. The van der Waals surface area contributed by atoms with Crippen LogP contribution >= 0.6 is 11.6 Å². The minimum absolute atomic E-state index is 0.120. The highest BCUT2D eigenvalue weighted by atomic mass is 35.5. The average molecular weight is 429 g/mol. The monoisotopic (exact) mass is 428 g/mol. The molecule has 0 radical (unpaired) electrons. The maximum Gasteiger partial charge on any atom is 0.264 e. The summed E-state index contributed by atoms with van der Waals surface area (Å²) in [7, 11) is -3.94. The van der Waals surface area contributed by atoms with E-state index < -0.39 is 15.9 Å². The summed E-state index contributed by atoms with van der Waals surface area (Å²) in [6, 6.07) is 20.3. The second-order valence-corrected chi connectivity index (χ2v) is 8.96. The molecule has 7 heteroatoms. The fourth-order valence-corrected chi connectivity index (χ4v) is 4.35. The van der Waals surface area contributed by atoms with Gasteiger partial charge in [-0.15, -0.1) is 0 Å². The number of amides is 1. The molecule has 1 N–H and O–H groups in total. The molecule has 0 unspecified atom stereocenters. The molecule has 0 heterocycles. The maximum atomic E-state index is 13.3. The summed E-state index contributed by atoms with van der Waals surface area (Å²) in [5, 5.41) is 3.06. The van der Waals surface area contributed by atoms with E-state index in [0.717, 1.165) is 15.4 Å². The SMILES string of the molecule is Cc1ccc(N(CC(=O)Nc2ccccc2Cl)S(=O)(=O)c2ccc(C)cc2)cc1. The summed E-state index contributed by atoms with van der Waals surface area (Å²) in [5.74, 6) is -0.491. The molecule has 0 atom stereocenters. The van der Waals surface area contributed by atoms with Gasteiger partial charge in [-0.1, -0.05) is 59.1 Å². The number of anilines is 2. The van der Waals surface area contributed by atoms with Gasteiger partial charge < -0.3 is 5.32 Å². The lowest BCUT2D eigenvalue weighted by atomic mass is 10.2. The van der Waals surface area contributed by atoms with Crippen LogP contribution in [0.4, 0.5) is 11.4 Å². The molecule has 5 nitrogen and oxygen atoms in total. The first-order valence-corrected chi connectivity index (χ1v) is 10.8. The smallest absolute Gasteiger partial charge is 0.264 e. The van der Waals surface area contributed by atoms with E-state index in [4.69, 9.17) is 11.6 Å². The van der Waals surface area contributed by atoms with Gasteiger partial charge in [0.05, 0.1) is 21.3 Å². The number of halogens is 1. The number of para-hydroxylation sites is 1. The molecule has 0 fully saturated rings. The Labute approximate surface area is 176 Å². The van der Waals surface area contributed by atoms with Crippen LogP contribution in [0.3, 0.4) is 0 Å². The van der Waals surface area contributed by atoms with Gasteiger partial charge in [0.2, 0.25) is 5.91 Å². The fraction of sp³-hybridized carbons (Fsp3) is 0.136. The van der Waals surface area contributed by atoms with E-state index in [1.165, 1.54) is 12.1 Å². The molecule has 3 aromatic carbocycles. The van der Waals surface area contributed by atoms with Gasteiger partial charge >= 0.3 is 0 Å². The molecule has 0 aliphatic rings. The van der Waals surface area contributed by atoms with E-state index in [1.807, 2.05) is 13.8 Å². The zero-order valence-corrected chi connectivity index (χ0v) is 17.7. The molecule has 0 saturated carbocycles. The molecule has 29 heavy (non-hydrogen) atoms. The predicted octanol–water partition coefficient (Wildman–Crippen LogP) is 4.79. The number of rotatable bonds is 6. The fourth-order valence-electron chi connectivity index (χ4n) is 2.75. The molecule has 0 saturated heterocycles. The van der Waals surface area contributed by atoms with E-state index in [2.05, 4.69) is 5.32 Å². The number of nitrogens with one attached hydrogen (secondary N) is 1. The largest absolute Gasteiger partial charge is 0.323 e. The Kier molecular flexibility index (Phi) is 6.25. The summed E-state index contributed by atoms with van der Waals surface area (Å²) in [4.78, 5) is 12.8. The number of benzene rings is 3. The van der Waals surface area contributed by atoms with Gasteiger partial charge in [-0.05, 0) is 50.2 Å². The number of carbonyl (C=O) groups excluding carboxylic acids is 1. The number of nitrogens with zero attached hydrogens (tertiary/aromatic N) is 1. The van der Waals surface area contributed by atoms with Crippen molar-refractivity contribution in [2.45, 2.75) is 18.7 Å². The minimum atomic E-state index is -3.94. The molecule has 3 aromatic rings. The van der Waals surface area contributed by atoms with Crippen LogP contribution < -0.4 is 9.62 Å². The minimum Gasteiger partial charge on any atom is -0.323 e. The second-order valence-electron chi connectivity index (χ2n) is 6.69. The van der Waals surface area contributed by atoms with Crippen molar-refractivity contribution >= 4 is 38.9 Å². The Balaban J connectivity index is 1.95. The van der Waals surface area contributed by atoms with Crippen LogP contribution in [0.15, 0.2) is 77.7 Å². The number of aryl methyl sites for hydroxylation is 2. The van der Waals surface area contributed by atoms with Gasteiger partial charge in [0.15, 0.2) is 0 Å². The van der Waals surface area contributed by atoms with Crippen LogP contribution in [-0.4, -0.2) is 20.9 Å². The summed E-state index contributed by atoms with van der Waals surface area (Å²) >= 11 is 6.09. The van der Waals surface area contributed by atoms with Gasteiger partial charge in [-0.3, -0.25) is 9.10 Å². The zero-order valence-electron chi connectivity index (χ0n) is 16.1. The summed E-state index contributed by atoms with van der Waals surface area (Å²) in [6.07, 6.45) is 0. The van der Waals surface area contributed by atoms with E-state index in [0.29, 0.717) is 16.4 Å². The predicted molar refractivity (Wildman–Crippen MR) is 117 cm³/mol. The number of hydrogen-bond donors (Lipinski definition) is 1. The van der Waals surface area contributed by atoms with Gasteiger partial charge in [-0.25, -0.2) is 8.42 Å². The third kappa shape index (κ3) is 4.96. The van der Waals surface area contributed by atoms with Crippen molar-refractivity contribution in [2.24, 2.45) is 0 Å². The van der Waals surface area contributed by atoms with Crippen molar-refractivity contribution in [3.63, 3.8) is 0 Å². The van der Waals surface area contributed by atoms with Crippen molar-refractivity contribution in [3.8, 4) is 0 Å². The van der Waals surface area contributed by atoms with Crippen LogP contribution in [0, 0.1) is 13.8 Å². The second kappa shape index (κ2) is 8.68. The number of sulfonamides is 1. The van der Waals surface area contributed by atoms with Crippen molar-refractivity contribution in [3.05, 3.63) is 88.9 Å². The van der Waals surface area contributed by atoms with Crippen molar-refractivity contribution in [1.82, 2.24) is 0 Å². The lowest BCUT2D eigenvalue weighted by Gasteiger charge is -2.24. The van der Waals surface area contributed by atoms with E-state index >= 15 is 0 Å². The quantitative estimate of drug-likeness (QED) is 0.613. The zero-order chi connectivity index (χ0) is 21.0. The van der Waals surface area contributed by atoms with Gasteiger partial charge in [-0.2, -0.15) is 0 Å².